The summed E-state index contributed by atoms with van der Waals surface area (Å²) >= 11 is 0. The third-order valence-electron chi connectivity index (χ3n) is 12.8. The molecule has 1 spiro atoms. The van der Waals surface area contributed by atoms with Crippen LogP contribution in [0.5, 0.6) is 0 Å². The molecule has 0 saturated carbocycles. The van der Waals surface area contributed by atoms with Crippen molar-refractivity contribution in [3.05, 3.63) is 223 Å². The monoisotopic (exact) mass is 723 g/mol. The van der Waals surface area contributed by atoms with Gasteiger partial charge in [-0.2, -0.15) is 0 Å². The van der Waals surface area contributed by atoms with E-state index in [2.05, 4.69) is 203 Å². The smallest absolute Gasteiger partial charge is 0.0747 e. The molecule has 3 heteroatoms. The summed E-state index contributed by atoms with van der Waals surface area (Å²) in [6.07, 6.45) is 4.06. The normalized spacial score (nSPS) is 13.4. The van der Waals surface area contributed by atoms with Gasteiger partial charge in [0, 0.05) is 45.3 Å². The summed E-state index contributed by atoms with van der Waals surface area (Å²) in [4.78, 5) is 4.77. The van der Waals surface area contributed by atoms with Gasteiger partial charge in [0.25, 0.3) is 0 Å². The van der Waals surface area contributed by atoms with Gasteiger partial charge in [0.15, 0.2) is 0 Å². The summed E-state index contributed by atoms with van der Waals surface area (Å²) in [6, 6.07) is 69.3. The zero-order valence-corrected chi connectivity index (χ0v) is 30.9. The second-order valence-electron chi connectivity index (χ2n) is 15.5. The fourth-order valence-corrected chi connectivity index (χ4v) is 10.6. The first kappa shape index (κ1) is 30.8. The highest BCUT2D eigenvalue weighted by Crippen LogP contribution is 2.64. The van der Waals surface area contributed by atoms with Crippen LogP contribution in [0.1, 0.15) is 22.3 Å². The predicted octanol–water partition coefficient (Wildman–Crippen LogP) is 13.3. The number of hydrogen-bond acceptors (Lipinski definition) is 1. The minimum Gasteiger partial charge on any atom is -0.309 e. The quantitative estimate of drug-likeness (QED) is 0.178. The second-order valence-corrected chi connectivity index (χ2v) is 15.5. The lowest BCUT2D eigenvalue weighted by atomic mass is 9.70. The van der Waals surface area contributed by atoms with Crippen molar-refractivity contribution >= 4 is 43.6 Å². The van der Waals surface area contributed by atoms with Crippen molar-refractivity contribution in [1.29, 1.82) is 0 Å². The molecular formula is C54H33N3. The van der Waals surface area contributed by atoms with E-state index in [1.807, 2.05) is 6.20 Å². The summed E-state index contributed by atoms with van der Waals surface area (Å²) in [5, 5.41) is 5.11. The molecule has 0 aliphatic heterocycles. The molecule has 8 aromatic carbocycles. The molecule has 0 saturated heterocycles. The van der Waals surface area contributed by atoms with E-state index in [0.717, 1.165) is 11.4 Å². The molecule has 0 unspecified atom stereocenters. The van der Waals surface area contributed by atoms with Crippen LogP contribution < -0.4 is 0 Å². The lowest BCUT2D eigenvalue weighted by molar-refractivity contribution is 0.796. The minimum atomic E-state index is -0.476. The molecule has 57 heavy (non-hydrogen) atoms. The molecular weight excluding hydrogens is 691 g/mol. The van der Waals surface area contributed by atoms with Crippen molar-refractivity contribution in [1.82, 2.24) is 14.1 Å². The number of pyridine rings is 1. The minimum absolute atomic E-state index is 0.476. The van der Waals surface area contributed by atoms with E-state index in [1.165, 1.54) is 99.2 Å². The molecule has 264 valence electrons. The molecule has 2 aliphatic carbocycles. The number of aromatic nitrogens is 3. The summed E-state index contributed by atoms with van der Waals surface area (Å²) in [7, 11) is 0. The van der Waals surface area contributed by atoms with Crippen molar-refractivity contribution in [2.24, 2.45) is 0 Å². The lowest BCUT2D eigenvalue weighted by Gasteiger charge is -2.30. The van der Waals surface area contributed by atoms with Crippen LogP contribution in [0.15, 0.2) is 200 Å². The number of rotatable bonds is 3. The van der Waals surface area contributed by atoms with Gasteiger partial charge < -0.3 is 9.13 Å². The topological polar surface area (TPSA) is 22.8 Å². The van der Waals surface area contributed by atoms with E-state index in [0.29, 0.717) is 0 Å². The molecule has 0 radical (unpaired) electrons. The van der Waals surface area contributed by atoms with E-state index in [-0.39, 0.29) is 0 Å². The van der Waals surface area contributed by atoms with Gasteiger partial charge in [0.1, 0.15) is 0 Å². The Hall–Kier alpha value is -7.49. The molecule has 0 N–H and O–H groups in total. The van der Waals surface area contributed by atoms with E-state index >= 15 is 0 Å². The molecule has 3 heterocycles. The number of fused-ring (bicyclic) bond motifs is 17. The first-order valence-electron chi connectivity index (χ1n) is 19.7. The van der Waals surface area contributed by atoms with Crippen LogP contribution in [0.3, 0.4) is 0 Å². The molecule has 13 rings (SSSR count). The zero-order chi connectivity index (χ0) is 37.2. The number of benzene rings is 8. The summed E-state index contributed by atoms with van der Waals surface area (Å²) in [6.45, 7) is 0. The Morgan fingerprint density at radius 1 is 0.351 bits per heavy atom. The molecule has 0 bridgehead atoms. The third kappa shape index (κ3) is 3.92. The van der Waals surface area contributed by atoms with E-state index in [9.17, 15) is 0 Å². The highest BCUT2D eigenvalue weighted by molar-refractivity contribution is 6.16. The summed E-state index contributed by atoms with van der Waals surface area (Å²) in [5.74, 6) is 0. The zero-order valence-electron chi connectivity index (χ0n) is 30.9. The maximum atomic E-state index is 4.77. The van der Waals surface area contributed by atoms with Crippen LogP contribution in [0.25, 0.3) is 88.4 Å². The SMILES string of the molecule is c1ccc2c(c1)-c1ccccc1C21c2cnccc2-c2ccc3c(c21)c1ccccc1n3-c1ccc(-c2ccc(-n3c4ccccc4c4ccccc43)cc2)cc1. The fourth-order valence-electron chi connectivity index (χ4n) is 10.6. The van der Waals surface area contributed by atoms with Crippen LogP contribution in [-0.2, 0) is 5.41 Å². The van der Waals surface area contributed by atoms with E-state index in [4.69, 9.17) is 4.98 Å². The fraction of sp³-hybridized carbons (Fsp3) is 0.0185. The van der Waals surface area contributed by atoms with Crippen LogP contribution >= 0.6 is 0 Å². The van der Waals surface area contributed by atoms with Crippen LogP contribution in [0.4, 0.5) is 0 Å². The maximum absolute atomic E-state index is 4.77. The first-order valence-corrected chi connectivity index (χ1v) is 19.7. The van der Waals surface area contributed by atoms with Crippen LogP contribution in [0, 0.1) is 0 Å². The van der Waals surface area contributed by atoms with Gasteiger partial charge in [-0.25, -0.2) is 0 Å². The van der Waals surface area contributed by atoms with Gasteiger partial charge >= 0.3 is 0 Å². The van der Waals surface area contributed by atoms with Gasteiger partial charge in [0.2, 0.25) is 0 Å². The van der Waals surface area contributed by atoms with Crippen molar-refractivity contribution in [2.75, 3.05) is 0 Å². The Morgan fingerprint density at radius 2 is 0.825 bits per heavy atom. The predicted molar refractivity (Wildman–Crippen MR) is 235 cm³/mol. The summed E-state index contributed by atoms with van der Waals surface area (Å²) in [5.41, 5.74) is 19.5. The number of nitrogens with zero attached hydrogens (tertiary/aromatic N) is 3. The maximum Gasteiger partial charge on any atom is 0.0747 e. The Balaban J connectivity index is 0.979. The highest BCUT2D eigenvalue weighted by Gasteiger charge is 2.53. The van der Waals surface area contributed by atoms with E-state index in [1.54, 1.807) is 0 Å². The largest absolute Gasteiger partial charge is 0.309 e. The second kappa shape index (κ2) is 11.3. The van der Waals surface area contributed by atoms with Gasteiger partial charge in [0.05, 0.1) is 27.5 Å². The lowest BCUT2D eigenvalue weighted by Crippen LogP contribution is -2.26. The average Bonchev–Trinajstić information content (AvgIpc) is 3.99. The van der Waals surface area contributed by atoms with E-state index < -0.39 is 5.41 Å². The molecule has 0 amide bonds. The third-order valence-corrected chi connectivity index (χ3v) is 12.8. The number of hydrogen-bond donors (Lipinski definition) is 0. The first-order chi connectivity index (χ1) is 28.3. The van der Waals surface area contributed by atoms with Gasteiger partial charge in [-0.3, -0.25) is 4.98 Å². The Morgan fingerprint density at radius 3 is 1.42 bits per heavy atom. The number of para-hydroxylation sites is 3. The molecule has 0 fully saturated rings. The Bertz CT molecular complexity index is 3340. The van der Waals surface area contributed by atoms with Gasteiger partial charge in [-0.05, 0) is 110 Å². The van der Waals surface area contributed by atoms with Crippen LogP contribution in [0.2, 0.25) is 0 Å². The molecule has 3 nitrogen and oxygen atoms in total. The van der Waals surface area contributed by atoms with Crippen molar-refractivity contribution in [3.63, 3.8) is 0 Å². The standard InChI is InChI=1S/C54H33N3/c1-6-16-45-38(11-1)39-12-2-7-17-46(39)54(45)47-33-55-32-31-40(47)43-29-30-51-52(53(43)54)44-15-5-10-20-50(44)57(51)37-27-23-35(24-28-37)34-21-25-36(26-22-34)56-48-18-8-3-13-41(48)42-14-4-9-19-49(42)56/h1-33H. The van der Waals surface area contributed by atoms with Crippen molar-refractivity contribution in [2.45, 2.75) is 5.41 Å². The molecule has 11 aromatic rings. The Labute approximate surface area is 329 Å². The average molecular weight is 724 g/mol. The van der Waals surface area contributed by atoms with Crippen molar-refractivity contribution in [3.8, 4) is 44.8 Å². The highest BCUT2D eigenvalue weighted by atomic mass is 15.0. The van der Waals surface area contributed by atoms with Crippen LogP contribution in [-0.4, -0.2) is 14.1 Å². The molecule has 0 atom stereocenters. The van der Waals surface area contributed by atoms with Gasteiger partial charge in [-0.15, -0.1) is 0 Å². The van der Waals surface area contributed by atoms with Crippen molar-refractivity contribution < 1.29 is 0 Å². The molecule has 3 aromatic heterocycles. The summed E-state index contributed by atoms with van der Waals surface area (Å²) < 4.78 is 4.83. The molecule has 2 aliphatic rings. The Kier molecular flexibility index (Phi) is 6.10. The van der Waals surface area contributed by atoms with Gasteiger partial charge in [-0.1, -0.05) is 133 Å².